The van der Waals surface area contributed by atoms with Crippen LogP contribution in [0.2, 0.25) is 10.0 Å². The number of aliphatic hydroxyl groups is 1. The van der Waals surface area contributed by atoms with Gasteiger partial charge in [0.2, 0.25) is 0 Å². The van der Waals surface area contributed by atoms with E-state index in [-0.39, 0.29) is 25.1 Å². The van der Waals surface area contributed by atoms with Crippen molar-refractivity contribution in [2.45, 2.75) is 18.9 Å². The first kappa shape index (κ1) is 22.5. The van der Waals surface area contributed by atoms with Gasteiger partial charge in [0, 0.05) is 29.7 Å². The molecule has 0 amide bonds. The zero-order valence-corrected chi connectivity index (χ0v) is 17.5. The Bertz CT molecular complexity index is 633. The lowest BCUT2D eigenvalue weighted by Gasteiger charge is -2.32. The van der Waals surface area contributed by atoms with E-state index in [1.807, 2.05) is 48.5 Å². The smallest absolute Gasteiger partial charge is 0.108 e. The molecule has 0 spiro atoms. The molecular weight excluding hydrogens is 405 g/mol. The van der Waals surface area contributed by atoms with E-state index in [4.69, 9.17) is 27.9 Å². The van der Waals surface area contributed by atoms with Crippen molar-refractivity contribution in [1.29, 1.82) is 0 Å². The monoisotopic (exact) mass is 429 g/mol. The molecule has 3 nitrogen and oxygen atoms in total. The first-order valence-electron chi connectivity index (χ1n) is 9.11. The van der Waals surface area contributed by atoms with Crippen LogP contribution in [0.15, 0.2) is 48.5 Å². The Morgan fingerprint density at radius 2 is 1.56 bits per heavy atom. The molecule has 0 bridgehead atoms. The normalized spacial score (nSPS) is 17.7. The maximum Gasteiger partial charge on any atom is 0.108 e. The van der Waals surface area contributed by atoms with Crippen molar-refractivity contribution in [3.63, 3.8) is 0 Å². The predicted octanol–water partition coefficient (Wildman–Crippen LogP) is 5.23. The molecule has 0 aliphatic carbocycles. The Morgan fingerprint density at radius 3 is 2.07 bits per heavy atom. The van der Waals surface area contributed by atoms with Crippen molar-refractivity contribution in [3.05, 3.63) is 69.7 Å². The molecule has 2 aromatic carbocycles. The topological polar surface area (TPSA) is 32.7 Å². The highest BCUT2D eigenvalue weighted by Crippen LogP contribution is 2.28. The van der Waals surface area contributed by atoms with Gasteiger partial charge in [0.25, 0.3) is 0 Å². The lowest BCUT2D eigenvalue weighted by atomic mass is 9.99. The summed E-state index contributed by atoms with van der Waals surface area (Å²) in [6.45, 7) is 3.80. The minimum atomic E-state index is -0.150. The summed E-state index contributed by atoms with van der Waals surface area (Å²) in [6, 6.07) is 15.6. The Kier molecular flexibility index (Phi) is 9.37. The number of benzene rings is 2. The van der Waals surface area contributed by atoms with E-state index >= 15 is 0 Å². The van der Waals surface area contributed by atoms with E-state index in [1.165, 1.54) is 0 Å². The second-order valence-electron chi connectivity index (χ2n) is 6.85. The zero-order valence-electron chi connectivity index (χ0n) is 15.2. The molecular formula is C21H26Cl3NO2. The van der Waals surface area contributed by atoms with Gasteiger partial charge in [-0.3, -0.25) is 0 Å². The highest BCUT2D eigenvalue weighted by molar-refractivity contribution is 6.30. The van der Waals surface area contributed by atoms with Crippen molar-refractivity contribution < 1.29 is 9.84 Å². The van der Waals surface area contributed by atoms with Crippen molar-refractivity contribution >= 4 is 35.6 Å². The number of halogens is 3. The second kappa shape index (κ2) is 11.3. The Balaban J connectivity index is 0.00000261. The van der Waals surface area contributed by atoms with Gasteiger partial charge in [0.15, 0.2) is 0 Å². The van der Waals surface area contributed by atoms with Crippen molar-refractivity contribution in [3.8, 4) is 0 Å². The molecule has 1 heterocycles. The van der Waals surface area contributed by atoms with E-state index in [0.29, 0.717) is 22.6 Å². The minimum Gasteiger partial charge on any atom is -0.396 e. The Labute approximate surface area is 177 Å². The summed E-state index contributed by atoms with van der Waals surface area (Å²) in [7, 11) is 0. The van der Waals surface area contributed by atoms with Crippen LogP contribution in [0, 0.1) is 5.92 Å². The van der Waals surface area contributed by atoms with Crippen molar-refractivity contribution in [1.82, 2.24) is 4.90 Å². The van der Waals surface area contributed by atoms with Crippen LogP contribution in [-0.4, -0.2) is 42.9 Å². The predicted molar refractivity (Wildman–Crippen MR) is 114 cm³/mol. The van der Waals surface area contributed by atoms with E-state index < -0.39 is 0 Å². The third-order valence-electron chi connectivity index (χ3n) is 4.90. The zero-order chi connectivity index (χ0) is 18.4. The van der Waals surface area contributed by atoms with Gasteiger partial charge in [-0.05, 0) is 60.7 Å². The summed E-state index contributed by atoms with van der Waals surface area (Å²) >= 11 is 12.1. The number of hydrogen-bond donors (Lipinski definition) is 1. The fourth-order valence-electron chi connectivity index (χ4n) is 3.46. The molecule has 0 radical (unpaired) electrons. The number of rotatable bonds is 7. The molecule has 148 valence electrons. The van der Waals surface area contributed by atoms with Crippen LogP contribution < -0.4 is 0 Å². The molecule has 0 saturated carbocycles. The lowest BCUT2D eigenvalue weighted by Crippen LogP contribution is -2.38. The fourth-order valence-corrected chi connectivity index (χ4v) is 3.72. The van der Waals surface area contributed by atoms with E-state index in [1.54, 1.807) is 0 Å². The average Bonchev–Trinajstić information content (AvgIpc) is 2.67. The molecule has 1 aliphatic rings. The average molecular weight is 431 g/mol. The van der Waals surface area contributed by atoms with Gasteiger partial charge >= 0.3 is 0 Å². The maximum atomic E-state index is 9.39. The molecule has 3 rings (SSSR count). The molecule has 6 heteroatoms. The number of aliphatic hydroxyl groups excluding tert-OH is 1. The molecule has 27 heavy (non-hydrogen) atoms. The fraction of sp³-hybridized carbons (Fsp3) is 0.429. The summed E-state index contributed by atoms with van der Waals surface area (Å²) in [5.41, 5.74) is 2.15. The molecule has 1 N–H and O–H groups in total. The molecule has 1 atom stereocenters. The van der Waals surface area contributed by atoms with Crippen LogP contribution in [0.4, 0.5) is 0 Å². The number of nitrogens with zero attached hydrogens (tertiary/aromatic N) is 1. The Morgan fingerprint density at radius 1 is 1.00 bits per heavy atom. The van der Waals surface area contributed by atoms with Crippen LogP contribution in [0.3, 0.4) is 0 Å². The van der Waals surface area contributed by atoms with Crippen LogP contribution >= 0.6 is 35.6 Å². The van der Waals surface area contributed by atoms with Gasteiger partial charge in [-0.15, -0.1) is 12.4 Å². The Hall–Kier alpha value is -0.810. The van der Waals surface area contributed by atoms with E-state index in [9.17, 15) is 5.11 Å². The summed E-state index contributed by atoms with van der Waals surface area (Å²) in [5, 5.41) is 10.8. The van der Waals surface area contributed by atoms with Gasteiger partial charge in [-0.2, -0.15) is 0 Å². The van der Waals surface area contributed by atoms with E-state index in [0.717, 1.165) is 43.6 Å². The van der Waals surface area contributed by atoms with Crippen molar-refractivity contribution in [2.24, 2.45) is 5.92 Å². The quantitative estimate of drug-likeness (QED) is 0.653. The first-order chi connectivity index (χ1) is 12.7. The van der Waals surface area contributed by atoms with Crippen LogP contribution in [-0.2, 0) is 4.74 Å². The third kappa shape index (κ3) is 6.63. The highest BCUT2D eigenvalue weighted by atomic mass is 35.5. The SMILES string of the molecule is Cl.OCC1CCCN(CCOC(c2ccc(Cl)cc2)c2ccc(Cl)cc2)C1. The summed E-state index contributed by atoms with van der Waals surface area (Å²) < 4.78 is 6.28. The summed E-state index contributed by atoms with van der Waals surface area (Å²) in [4.78, 5) is 2.38. The second-order valence-corrected chi connectivity index (χ2v) is 7.72. The van der Waals surface area contributed by atoms with Crippen molar-refractivity contribution in [2.75, 3.05) is 32.8 Å². The molecule has 1 fully saturated rings. The number of hydrogen-bond acceptors (Lipinski definition) is 3. The summed E-state index contributed by atoms with van der Waals surface area (Å²) in [6.07, 6.45) is 2.11. The van der Waals surface area contributed by atoms with Crippen LogP contribution in [0.1, 0.15) is 30.1 Å². The van der Waals surface area contributed by atoms with Crippen LogP contribution in [0.5, 0.6) is 0 Å². The molecule has 1 saturated heterocycles. The molecule has 2 aromatic rings. The standard InChI is InChI=1S/C21H25Cl2NO2.ClH/c22-19-7-3-17(4-8-19)21(18-5-9-20(23)10-6-18)26-13-12-24-11-1-2-16(14-24)15-25;/h3-10,16,21,25H,1-2,11-15H2;1H. The number of likely N-dealkylation sites (tertiary alicyclic amines) is 1. The van der Waals surface area contributed by atoms with Gasteiger partial charge < -0.3 is 14.7 Å². The van der Waals surface area contributed by atoms with Gasteiger partial charge in [0.05, 0.1) is 6.61 Å². The number of piperidine rings is 1. The minimum absolute atomic E-state index is 0. The summed E-state index contributed by atoms with van der Waals surface area (Å²) in [5.74, 6) is 0.395. The molecule has 1 aliphatic heterocycles. The van der Waals surface area contributed by atoms with Crippen LogP contribution in [0.25, 0.3) is 0 Å². The lowest BCUT2D eigenvalue weighted by molar-refractivity contribution is 0.0431. The van der Waals surface area contributed by atoms with Gasteiger partial charge in [-0.1, -0.05) is 47.5 Å². The molecule has 1 unspecified atom stereocenters. The molecule has 0 aromatic heterocycles. The number of ether oxygens (including phenoxy) is 1. The van der Waals surface area contributed by atoms with Gasteiger partial charge in [-0.25, -0.2) is 0 Å². The van der Waals surface area contributed by atoms with E-state index in [2.05, 4.69) is 4.90 Å². The maximum absolute atomic E-state index is 9.39. The first-order valence-corrected chi connectivity index (χ1v) is 9.87. The largest absolute Gasteiger partial charge is 0.396 e. The third-order valence-corrected chi connectivity index (χ3v) is 5.40. The van der Waals surface area contributed by atoms with Gasteiger partial charge in [0.1, 0.15) is 6.10 Å². The highest BCUT2D eigenvalue weighted by Gasteiger charge is 2.20.